The first kappa shape index (κ1) is 56.0. The van der Waals surface area contributed by atoms with Gasteiger partial charge in [0.15, 0.2) is 12.1 Å². The van der Waals surface area contributed by atoms with E-state index >= 15 is 0 Å². The van der Waals surface area contributed by atoms with Crippen molar-refractivity contribution >= 4 is 17.9 Å². The highest BCUT2D eigenvalue weighted by molar-refractivity contribution is 5.72. The summed E-state index contributed by atoms with van der Waals surface area (Å²) in [5.74, 6) is -1.51. The molecule has 0 amide bonds. The molecule has 0 heterocycles. The molecule has 0 fully saturated rings. The van der Waals surface area contributed by atoms with Crippen molar-refractivity contribution in [2.75, 3.05) is 41.0 Å². The smallest absolute Gasteiger partial charge is 0.362 e. The number of rotatable bonds is 42. The zero-order valence-corrected chi connectivity index (χ0v) is 38.7. The lowest BCUT2D eigenvalue weighted by Crippen LogP contribution is -2.50. The highest BCUT2D eigenvalue weighted by atomic mass is 16.6. The van der Waals surface area contributed by atoms with Gasteiger partial charge in [0.1, 0.15) is 6.61 Å². The molecule has 2 unspecified atom stereocenters. The van der Waals surface area contributed by atoms with Gasteiger partial charge >= 0.3 is 17.9 Å². The van der Waals surface area contributed by atoms with Gasteiger partial charge in [-0.2, -0.15) is 0 Å². The van der Waals surface area contributed by atoms with Crippen molar-refractivity contribution < 1.29 is 38.2 Å². The summed E-state index contributed by atoms with van der Waals surface area (Å²) in [5, 5.41) is 9.63. The second-order valence-electron chi connectivity index (χ2n) is 17.0. The summed E-state index contributed by atoms with van der Waals surface area (Å²) in [4.78, 5) is 37.1. The average molecular weight is 829 g/mol. The van der Waals surface area contributed by atoms with Crippen molar-refractivity contribution in [3.05, 3.63) is 60.8 Å². The zero-order chi connectivity index (χ0) is 43.5. The van der Waals surface area contributed by atoms with Crippen LogP contribution in [-0.2, 0) is 28.6 Å². The van der Waals surface area contributed by atoms with Gasteiger partial charge < -0.3 is 23.8 Å². The van der Waals surface area contributed by atoms with E-state index in [2.05, 4.69) is 74.6 Å². The fourth-order valence-corrected chi connectivity index (χ4v) is 6.74. The van der Waals surface area contributed by atoms with E-state index in [1.807, 2.05) is 21.1 Å². The summed E-state index contributed by atoms with van der Waals surface area (Å²) in [6.45, 7) is 4.59. The van der Waals surface area contributed by atoms with Crippen molar-refractivity contribution in [2.45, 2.75) is 206 Å². The second-order valence-corrected chi connectivity index (χ2v) is 17.0. The molecule has 0 aliphatic heterocycles. The Hall–Kier alpha value is -2.97. The van der Waals surface area contributed by atoms with Gasteiger partial charge in [-0.05, 0) is 70.6 Å². The van der Waals surface area contributed by atoms with Crippen LogP contribution in [0, 0.1) is 0 Å². The number of unbranched alkanes of at least 4 members (excludes halogenated alkanes) is 19. The maximum atomic E-state index is 12.7. The number of likely N-dealkylation sites (N-methyl/N-ethyl adjacent to an activating group) is 1. The van der Waals surface area contributed by atoms with E-state index in [0.717, 1.165) is 77.0 Å². The molecule has 0 aromatic carbocycles. The number of carbonyl (C=O) groups is 3. The lowest BCUT2D eigenvalue weighted by Gasteiger charge is -2.31. The average Bonchev–Trinajstić information content (AvgIpc) is 3.19. The van der Waals surface area contributed by atoms with Crippen LogP contribution in [0.4, 0.5) is 0 Å². The second kappa shape index (κ2) is 41.8. The van der Waals surface area contributed by atoms with Crippen molar-refractivity contribution in [2.24, 2.45) is 0 Å². The molecule has 0 rings (SSSR count). The molecule has 0 aliphatic carbocycles. The van der Waals surface area contributed by atoms with Crippen molar-refractivity contribution in [1.82, 2.24) is 0 Å². The third kappa shape index (κ3) is 40.2. The van der Waals surface area contributed by atoms with Gasteiger partial charge in [-0.1, -0.05) is 164 Å². The molecule has 0 spiro atoms. The standard InChI is InChI=1S/C51H89NO7/c1-6-8-10-12-14-16-18-20-22-24-25-26-28-29-31-33-35-37-39-41-49(53)58-46-47(45-57-44-43-48(51(55)56)52(3,4)5)59-50(54)42-40-38-36-34-32-30-27-23-21-19-17-15-13-11-9-7-2/h8,10,14,16,20,22-23,27,30,32,47-48H,6-7,9,11-13,15,17-19,21,24-26,28-29,31,33-46H2,1-5H3/p+1/b10-8+,16-14+,22-20+,27-23+,32-30+. The molecule has 0 aliphatic rings. The summed E-state index contributed by atoms with van der Waals surface area (Å²) >= 11 is 0. The number of hydrogen-bond acceptors (Lipinski definition) is 6. The van der Waals surface area contributed by atoms with Crippen molar-refractivity contribution in [3.8, 4) is 0 Å². The van der Waals surface area contributed by atoms with Gasteiger partial charge in [0.2, 0.25) is 0 Å². The lowest BCUT2D eigenvalue weighted by atomic mass is 10.1. The van der Waals surface area contributed by atoms with E-state index in [-0.39, 0.29) is 36.2 Å². The summed E-state index contributed by atoms with van der Waals surface area (Å²) in [5.41, 5.74) is 0. The third-order valence-electron chi connectivity index (χ3n) is 10.4. The Morgan fingerprint density at radius 3 is 1.53 bits per heavy atom. The molecule has 0 bridgehead atoms. The van der Waals surface area contributed by atoms with Crippen molar-refractivity contribution in [1.29, 1.82) is 0 Å². The fourth-order valence-electron chi connectivity index (χ4n) is 6.74. The minimum Gasteiger partial charge on any atom is -0.477 e. The number of aliphatic carboxylic acids is 1. The first-order chi connectivity index (χ1) is 28.6. The largest absolute Gasteiger partial charge is 0.477 e. The number of carbonyl (C=O) groups excluding carboxylic acids is 2. The van der Waals surface area contributed by atoms with E-state index in [1.54, 1.807) is 0 Å². The van der Waals surface area contributed by atoms with Crippen LogP contribution in [0.2, 0.25) is 0 Å². The summed E-state index contributed by atoms with van der Waals surface area (Å²) in [7, 11) is 5.52. The van der Waals surface area contributed by atoms with Gasteiger partial charge in [0.25, 0.3) is 0 Å². The van der Waals surface area contributed by atoms with E-state index in [9.17, 15) is 19.5 Å². The molecule has 0 saturated carbocycles. The van der Waals surface area contributed by atoms with E-state index in [4.69, 9.17) is 14.2 Å². The van der Waals surface area contributed by atoms with Gasteiger partial charge in [0, 0.05) is 19.3 Å². The molecule has 8 nitrogen and oxygen atoms in total. The summed E-state index contributed by atoms with van der Waals surface area (Å²) < 4.78 is 17.3. The van der Waals surface area contributed by atoms with Crippen molar-refractivity contribution in [3.63, 3.8) is 0 Å². The number of carboxylic acid groups (broad SMARTS) is 1. The number of nitrogens with zero attached hydrogens (tertiary/aromatic N) is 1. The van der Waals surface area contributed by atoms with E-state index in [1.165, 1.54) is 83.5 Å². The van der Waals surface area contributed by atoms with Gasteiger partial charge in [-0.15, -0.1) is 0 Å². The summed E-state index contributed by atoms with van der Waals surface area (Å²) in [6.07, 6.45) is 51.2. The minimum atomic E-state index is -0.881. The predicted molar refractivity (Wildman–Crippen MR) is 247 cm³/mol. The molecular formula is C51H90NO7+. The first-order valence-corrected chi connectivity index (χ1v) is 23.8. The Morgan fingerprint density at radius 2 is 1.00 bits per heavy atom. The Balaban J connectivity index is 4.34. The maximum Gasteiger partial charge on any atom is 0.362 e. The highest BCUT2D eigenvalue weighted by Crippen LogP contribution is 2.14. The molecule has 0 radical (unpaired) electrons. The topological polar surface area (TPSA) is 99.1 Å². The van der Waals surface area contributed by atoms with Crippen LogP contribution in [0.25, 0.3) is 0 Å². The van der Waals surface area contributed by atoms with Crippen LogP contribution in [0.1, 0.15) is 194 Å². The summed E-state index contributed by atoms with van der Waals surface area (Å²) in [6, 6.07) is -0.622. The van der Waals surface area contributed by atoms with E-state index in [0.29, 0.717) is 19.3 Å². The van der Waals surface area contributed by atoms with Crippen LogP contribution in [0.15, 0.2) is 60.8 Å². The van der Waals surface area contributed by atoms with Gasteiger partial charge in [0.05, 0.1) is 34.4 Å². The predicted octanol–water partition coefficient (Wildman–Crippen LogP) is 13.4. The number of hydrogen-bond donors (Lipinski definition) is 1. The lowest BCUT2D eigenvalue weighted by molar-refractivity contribution is -0.887. The van der Waals surface area contributed by atoms with Crippen LogP contribution in [0.3, 0.4) is 0 Å². The number of quaternary nitrogens is 1. The molecule has 59 heavy (non-hydrogen) atoms. The first-order valence-electron chi connectivity index (χ1n) is 23.8. The third-order valence-corrected chi connectivity index (χ3v) is 10.4. The monoisotopic (exact) mass is 829 g/mol. The molecule has 1 N–H and O–H groups in total. The number of ether oxygens (including phenoxy) is 3. The Labute approximate surface area is 362 Å². The molecule has 0 aromatic rings. The quantitative estimate of drug-likeness (QED) is 0.0215. The Kier molecular flexibility index (Phi) is 39.6. The molecule has 340 valence electrons. The highest BCUT2D eigenvalue weighted by Gasteiger charge is 2.31. The van der Waals surface area contributed by atoms with Gasteiger partial charge in [-0.25, -0.2) is 4.79 Å². The van der Waals surface area contributed by atoms with Gasteiger partial charge in [-0.3, -0.25) is 9.59 Å². The Bertz CT molecular complexity index is 1150. The fraction of sp³-hybridized carbons (Fsp3) is 0.745. The van der Waals surface area contributed by atoms with Crippen LogP contribution in [0.5, 0.6) is 0 Å². The zero-order valence-electron chi connectivity index (χ0n) is 38.7. The Morgan fingerprint density at radius 1 is 0.542 bits per heavy atom. The normalized spacial score (nSPS) is 13.4. The maximum absolute atomic E-state index is 12.7. The molecule has 0 saturated heterocycles. The SMILES string of the molecule is CC/C=C/C/C=C/C/C=C/CCCCCCCCCCCC(=O)OCC(COCCC(C(=O)O)[N+](C)(C)C)OC(=O)CCCCC/C=C/C=C/CCCCCCCCC. The molecular weight excluding hydrogens is 739 g/mol. The molecule has 8 heteroatoms. The minimum absolute atomic E-state index is 0.0471. The number of allylic oxidation sites excluding steroid dienone is 10. The molecule has 2 atom stereocenters. The molecule has 0 aromatic heterocycles. The van der Waals surface area contributed by atoms with Crippen LogP contribution < -0.4 is 0 Å². The van der Waals surface area contributed by atoms with E-state index < -0.39 is 18.1 Å². The van der Waals surface area contributed by atoms with Crippen LogP contribution in [-0.4, -0.2) is 80.6 Å². The number of carboxylic acids is 1. The van der Waals surface area contributed by atoms with Crippen LogP contribution >= 0.6 is 0 Å². The number of esters is 2.